The monoisotopic (exact) mass is 265 g/mol. The molecule has 0 unspecified atom stereocenters. The van der Waals surface area contributed by atoms with Gasteiger partial charge in [0, 0.05) is 11.6 Å². The summed E-state index contributed by atoms with van der Waals surface area (Å²) in [6, 6.07) is 5.37. The second kappa shape index (κ2) is 5.17. The molecule has 0 aliphatic carbocycles. The zero-order valence-electron chi connectivity index (χ0n) is 10.0. The third kappa shape index (κ3) is 2.08. The van der Waals surface area contributed by atoms with Gasteiger partial charge in [-0.3, -0.25) is 0 Å². The number of carbonyl (C=O) groups excluding carboxylic acids is 1. The summed E-state index contributed by atoms with van der Waals surface area (Å²) in [4.78, 5) is 10.9. The van der Waals surface area contributed by atoms with Gasteiger partial charge in [-0.1, -0.05) is 11.6 Å². The van der Waals surface area contributed by atoms with Crippen molar-refractivity contribution >= 4 is 28.3 Å². The Hall–Kier alpha value is -1.90. The van der Waals surface area contributed by atoms with Crippen molar-refractivity contribution in [2.24, 2.45) is 0 Å². The topological polar surface area (TPSA) is 47.6 Å². The summed E-state index contributed by atoms with van der Waals surface area (Å²) in [5.74, 6) is 2.80. The lowest BCUT2D eigenvalue weighted by Crippen LogP contribution is -2.13. The van der Waals surface area contributed by atoms with Gasteiger partial charge in [-0.25, -0.2) is 4.79 Å². The molecule has 1 aliphatic rings. The molecule has 5 heteroatoms. The molecule has 4 nitrogen and oxygen atoms in total. The largest absolute Gasteiger partial charge is 0.497 e. The van der Waals surface area contributed by atoms with Crippen molar-refractivity contribution < 1.29 is 14.3 Å². The molecule has 1 aromatic rings. The van der Waals surface area contributed by atoms with Crippen LogP contribution in [0.3, 0.4) is 0 Å². The van der Waals surface area contributed by atoms with Crippen LogP contribution in [0.4, 0.5) is 5.69 Å². The molecular weight excluding hydrogens is 254 g/mol. The van der Waals surface area contributed by atoms with E-state index >= 15 is 0 Å². The molecule has 0 saturated carbocycles. The van der Waals surface area contributed by atoms with E-state index in [1.807, 2.05) is 13.0 Å². The predicted octanol–water partition coefficient (Wildman–Crippen LogP) is 2.78. The first kappa shape index (κ1) is 12.6. The molecule has 0 spiro atoms. The Kier molecular flexibility index (Phi) is 3.60. The lowest BCUT2D eigenvalue weighted by atomic mass is 10.1. The molecule has 0 aromatic heterocycles. The van der Waals surface area contributed by atoms with Gasteiger partial charge in [0.05, 0.1) is 24.4 Å². The molecule has 1 aromatic carbocycles. The van der Waals surface area contributed by atoms with Gasteiger partial charge < -0.3 is 14.8 Å². The van der Waals surface area contributed by atoms with Crippen molar-refractivity contribution in [3.8, 4) is 5.75 Å². The first-order chi connectivity index (χ1) is 8.71. The summed E-state index contributed by atoms with van der Waals surface area (Å²) in [6.07, 6.45) is 0. The zero-order chi connectivity index (χ0) is 13.1. The van der Waals surface area contributed by atoms with Crippen LogP contribution in [0.1, 0.15) is 12.5 Å². The Morgan fingerprint density at radius 3 is 2.83 bits per heavy atom. The van der Waals surface area contributed by atoms with E-state index in [0.29, 0.717) is 28.8 Å². The van der Waals surface area contributed by atoms with Gasteiger partial charge in [0.1, 0.15) is 5.75 Å². The fourth-order valence-electron chi connectivity index (χ4n) is 1.72. The molecule has 0 atom stereocenters. The summed E-state index contributed by atoms with van der Waals surface area (Å²) >= 11 is 6.24. The first-order valence-corrected chi connectivity index (χ1v) is 5.82. The standard InChI is InChI=1S/C13H12ClNO3/c1-3-18-13-11(7-16)15-10-6-8(17-2)4-5-9(10)12(13)14/h4-6,15H,3H2,1-2H3. The van der Waals surface area contributed by atoms with E-state index in [1.165, 1.54) is 0 Å². The minimum absolute atomic E-state index is 0.197. The molecule has 1 N–H and O–H groups in total. The molecule has 1 aliphatic heterocycles. The number of halogens is 1. The maximum absolute atomic E-state index is 10.9. The number of fused-ring (bicyclic) bond motifs is 1. The Morgan fingerprint density at radius 2 is 2.22 bits per heavy atom. The van der Waals surface area contributed by atoms with E-state index < -0.39 is 0 Å². The highest BCUT2D eigenvalue weighted by Crippen LogP contribution is 2.39. The number of nitrogens with one attached hydrogen (secondary N) is 1. The lowest BCUT2D eigenvalue weighted by molar-refractivity contribution is 0.241. The zero-order valence-corrected chi connectivity index (χ0v) is 10.8. The molecule has 18 heavy (non-hydrogen) atoms. The Bertz CT molecular complexity index is 559. The van der Waals surface area contributed by atoms with Crippen LogP contribution >= 0.6 is 11.6 Å². The maximum Gasteiger partial charge on any atom is 0.173 e. The van der Waals surface area contributed by atoms with Crippen molar-refractivity contribution in [2.75, 3.05) is 19.0 Å². The van der Waals surface area contributed by atoms with E-state index in [1.54, 1.807) is 25.2 Å². The highest BCUT2D eigenvalue weighted by Gasteiger charge is 2.24. The van der Waals surface area contributed by atoms with Crippen LogP contribution < -0.4 is 10.1 Å². The molecule has 0 bridgehead atoms. The SMILES string of the molecule is CCOC1=C(Cl)c2ccc(OC)cc2NC1=C=O. The van der Waals surface area contributed by atoms with Gasteiger partial charge in [0.15, 0.2) is 17.4 Å². The van der Waals surface area contributed by atoms with Crippen LogP contribution in [-0.2, 0) is 9.53 Å². The number of methoxy groups -OCH3 is 1. The van der Waals surface area contributed by atoms with E-state index in [4.69, 9.17) is 21.1 Å². The average molecular weight is 266 g/mol. The summed E-state index contributed by atoms with van der Waals surface area (Å²) in [7, 11) is 1.57. The molecule has 1 heterocycles. The van der Waals surface area contributed by atoms with Gasteiger partial charge >= 0.3 is 0 Å². The molecule has 0 amide bonds. The third-order valence-electron chi connectivity index (χ3n) is 2.54. The second-order valence-corrected chi connectivity index (χ2v) is 3.97. The van der Waals surface area contributed by atoms with E-state index in [2.05, 4.69) is 5.32 Å². The van der Waals surface area contributed by atoms with Crippen LogP contribution in [0, 0.1) is 0 Å². The van der Waals surface area contributed by atoms with Crippen molar-refractivity contribution in [3.63, 3.8) is 0 Å². The second-order valence-electron chi connectivity index (χ2n) is 3.59. The van der Waals surface area contributed by atoms with Crippen LogP contribution in [0.25, 0.3) is 5.03 Å². The molecule has 94 valence electrons. The van der Waals surface area contributed by atoms with Crippen LogP contribution in [0.15, 0.2) is 29.7 Å². The highest BCUT2D eigenvalue weighted by molar-refractivity contribution is 6.50. The van der Waals surface area contributed by atoms with Crippen LogP contribution in [-0.4, -0.2) is 19.7 Å². The van der Waals surface area contributed by atoms with Crippen molar-refractivity contribution in [2.45, 2.75) is 6.92 Å². The minimum Gasteiger partial charge on any atom is -0.497 e. The van der Waals surface area contributed by atoms with Crippen molar-refractivity contribution in [1.29, 1.82) is 0 Å². The number of anilines is 1. The minimum atomic E-state index is 0.197. The number of ether oxygens (including phenoxy) is 2. The van der Waals surface area contributed by atoms with E-state index in [9.17, 15) is 4.79 Å². The fraction of sp³-hybridized carbons (Fsp3) is 0.231. The number of hydrogen-bond donors (Lipinski definition) is 1. The first-order valence-electron chi connectivity index (χ1n) is 5.44. The Balaban J connectivity index is 2.57. The maximum atomic E-state index is 10.9. The quantitative estimate of drug-likeness (QED) is 0.854. The van der Waals surface area contributed by atoms with Crippen LogP contribution in [0.2, 0.25) is 0 Å². The van der Waals surface area contributed by atoms with Gasteiger partial charge in [0.2, 0.25) is 0 Å². The highest BCUT2D eigenvalue weighted by atomic mass is 35.5. The molecular formula is C13H12ClNO3. The molecule has 0 fully saturated rings. The molecule has 2 rings (SSSR count). The van der Waals surface area contributed by atoms with E-state index in [-0.39, 0.29) is 5.70 Å². The van der Waals surface area contributed by atoms with Gasteiger partial charge in [-0.2, -0.15) is 0 Å². The number of rotatable bonds is 3. The summed E-state index contributed by atoms with van der Waals surface area (Å²) in [5, 5.41) is 3.33. The summed E-state index contributed by atoms with van der Waals surface area (Å²) in [5.41, 5.74) is 1.66. The Morgan fingerprint density at radius 1 is 1.44 bits per heavy atom. The van der Waals surface area contributed by atoms with Gasteiger partial charge in [-0.15, -0.1) is 0 Å². The fourth-order valence-corrected chi connectivity index (χ4v) is 2.03. The normalized spacial score (nSPS) is 13.6. The third-order valence-corrected chi connectivity index (χ3v) is 2.92. The van der Waals surface area contributed by atoms with Crippen molar-refractivity contribution in [1.82, 2.24) is 0 Å². The summed E-state index contributed by atoms with van der Waals surface area (Å²) < 4.78 is 10.5. The Labute approximate surface area is 110 Å². The van der Waals surface area contributed by atoms with E-state index in [0.717, 1.165) is 5.56 Å². The molecule has 0 radical (unpaired) electrons. The van der Waals surface area contributed by atoms with Crippen LogP contribution in [0.5, 0.6) is 5.75 Å². The van der Waals surface area contributed by atoms with Crippen molar-refractivity contribution in [3.05, 3.63) is 35.2 Å². The molecule has 0 saturated heterocycles. The smallest absolute Gasteiger partial charge is 0.173 e. The number of benzene rings is 1. The predicted molar refractivity (Wildman–Crippen MR) is 70.2 cm³/mol. The number of hydrogen-bond acceptors (Lipinski definition) is 4. The lowest BCUT2D eigenvalue weighted by Gasteiger charge is -2.22. The van der Waals surface area contributed by atoms with Gasteiger partial charge in [0.25, 0.3) is 0 Å². The summed E-state index contributed by atoms with van der Waals surface area (Å²) in [6.45, 7) is 2.24. The average Bonchev–Trinajstić information content (AvgIpc) is 2.41. The van der Waals surface area contributed by atoms with Gasteiger partial charge in [-0.05, 0) is 19.1 Å².